The number of amides is 1. The normalized spacial score (nSPS) is 18.4. The molecule has 2 aromatic heterocycles. The molecular formula is C25H29N3O4. The zero-order valence-corrected chi connectivity index (χ0v) is 18.5. The lowest BCUT2D eigenvalue weighted by Crippen LogP contribution is -2.37. The lowest BCUT2D eigenvalue weighted by molar-refractivity contribution is 0.0484. The summed E-state index contributed by atoms with van der Waals surface area (Å²) in [7, 11) is 1.67. The van der Waals surface area contributed by atoms with E-state index in [1.807, 2.05) is 23.1 Å². The topological polar surface area (TPSA) is 68.0 Å². The van der Waals surface area contributed by atoms with Gasteiger partial charge < -0.3 is 23.7 Å². The van der Waals surface area contributed by atoms with Crippen LogP contribution in [0.5, 0.6) is 5.75 Å². The molecule has 32 heavy (non-hydrogen) atoms. The summed E-state index contributed by atoms with van der Waals surface area (Å²) in [5.41, 5.74) is 1.94. The van der Waals surface area contributed by atoms with Crippen molar-refractivity contribution in [3.8, 4) is 5.75 Å². The third-order valence-electron chi connectivity index (χ3n) is 6.31. The molecule has 3 aromatic rings. The van der Waals surface area contributed by atoms with E-state index in [0.717, 1.165) is 73.4 Å². The van der Waals surface area contributed by atoms with Crippen molar-refractivity contribution in [3.05, 3.63) is 54.0 Å². The number of carbonyl (C=O) groups is 1. The third-order valence-corrected chi connectivity index (χ3v) is 6.31. The Kier molecular flexibility index (Phi) is 5.99. The first kappa shape index (κ1) is 20.8. The summed E-state index contributed by atoms with van der Waals surface area (Å²) in [5, 5.41) is 1.03. The van der Waals surface area contributed by atoms with Crippen molar-refractivity contribution in [2.24, 2.45) is 0 Å². The van der Waals surface area contributed by atoms with Gasteiger partial charge in [0.15, 0.2) is 5.76 Å². The summed E-state index contributed by atoms with van der Waals surface area (Å²) >= 11 is 0. The van der Waals surface area contributed by atoms with E-state index in [9.17, 15) is 4.79 Å². The molecule has 1 amide bonds. The van der Waals surface area contributed by atoms with Gasteiger partial charge in [0.2, 0.25) is 0 Å². The molecule has 2 fully saturated rings. The molecule has 4 heterocycles. The van der Waals surface area contributed by atoms with E-state index >= 15 is 0 Å². The van der Waals surface area contributed by atoms with Crippen molar-refractivity contribution in [2.75, 3.05) is 38.3 Å². The van der Waals surface area contributed by atoms with Crippen LogP contribution in [0.25, 0.3) is 10.9 Å². The Hall–Kier alpha value is -3.06. The van der Waals surface area contributed by atoms with Gasteiger partial charge in [0.25, 0.3) is 5.91 Å². The van der Waals surface area contributed by atoms with E-state index in [4.69, 9.17) is 18.9 Å². The van der Waals surface area contributed by atoms with E-state index in [0.29, 0.717) is 18.8 Å². The second-order valence-electron chi connectivity index (χ2n) is 8.52. The van der Waals surface area contributed by atoms with Crippen LogP contribution < -0.4 is 9.64 Å². The molecule has 0 aliphatic carbocycles. The number of fused-ring (bicyclic) bond motifs is 1. The quantitative estimate of drug-likeness (QED) is 0.552. The Balaban J connectivity index is 1.52. The SMILES string of the molecule is COc1ccc2cc(CN(C[C@@H]3CCCO3)C(=O)c3ccco3)c(N3CCCC3)nc2c1. The second kappa shape index (κ2) is 9.20. The van der Waals surface area contributed by atoms with E-state index in [-0.39, 0.29) is 12.0 Å². The van der Waals surface area contributed by atoms with Crippen molar-refractivity contribution in [3.63, 3.8) is 0 Å². The van der Waals surface area contributed by atoms with Crippen LogP contribution in [0, 0.1) is 0 Å². The lowest BCUT2D eigenvalue weighted by Gasteiger charge is -2.28. The van der Waals surface area contributed by atoms with Crippen LogP contribution in [-0.4, -0.2) is 55.2 Å². The Labute approximate surface area is 187 Å². The molecule has 0 spiro atoms. The number of anilines is 1. The molecule has 2 aliphatic heterocycles. The molecule has 0 radical (unpaired) electrons. The van der Waals surface area contributed by atoms with Gasteiger partial charge in [-0.3, -0.25) is 4.79 Å². The number of pyridine rings is 1. The van der Waals surface area contributed by atoms with Gasteiger partial charge in [-0.1, -0.05) is 0 Å². The largest absolute Gasteiger partial charge is 0.497 e. The highest BCUT2D eigenvalue weighted by molar-refractivity contribution is 5.91. The Bertz CT molecular complexity index is 1070. The molecule has 0 unspecified atom stereocenters. The van der Waals surface area contributed by atoms with Crippen molar-refractivity contribution in [1.82, 2.24) is 9.88 Å². The number of ether oxygens (including phenoxy) is 2. The summed E-state index contributed by atoms with van der Waals surface area (Å²) in [6, 6.07) is 11.6. The van der Waals surface area contributed by atoms with E-state index in [2.05, 4.69) is 11.0 Å². The highest BCUT2D eigenvalue weighted by atomic mass is 16.5. The van der Waals surface area contributed by atoms with Gasteiger partial charge in [0, 0.05) is 49.8 Å². The van der Waals surface area contributed by atoms with E-state index in [1.165, 1.54) is 6.26 Å². The maximum Gasteiger partial charge on any atom is 0.289 e. The average Bonchev–Trinajstić information content (AvgIpc) is 3.61. The Morgan fingerprint density at radius 3 is 2.81 bits per heavy atom. The Morgan fingerprint density at radius 1 is 1.22 bits per heavy atom. The first-order valence-electron chi connectivity index (χ1n) is 11.4. The first-order valence-corrected chi connectivity index (χ1v) is 11.4. The van der Waals surface area contributed by atoms with Gasteiger partial charge >= 0.3 is 0 Å². The zero-order chi connectivity index (χ0) is 21.9. The summed E-state index contributed by atoms with van der Waals surface area (Å²) in [6.07, 6.45) is 5.91. The molecule has 5 rings (SSSR count). The number of methoxy groups -OCH3 is 1. The standard InChI is InChI=1S/C25H29N3O4/c1-30-20-9-8-18-14-19(24(26-22(18)15-20)27-10-2-3-11-27)16-28(17-21-6-4-12-31-21)25(29)23-7-5-13-32-23/h5,7-9,13-15,21H,2-4,6,10-12,16-17H2,1H3/t21-/m0/s1. The predicted octanol–water partition coefficient (Wildman–Crippen LogP) is 4.26. The van der Waals surface area contributed by atoms with E-state index < -0.39 is 0 Å². The average molecular weight is 436 g/mol. The minimum absolute atomic E-state index is 0.0572. The van der Waals surface area contributed by atoms with Crippen LogP contribution in [0.4, 0.5) is 5.82 Å². The maximum atomic E-state index is 13.3. The monoisotopic (exact) mass is 435 g/mol. The van der Waals surface area contributed by atoms with Crippen molar-refractivity contribution in [1.29, 1.82) is 0 Å². The van der Waals surface area contributed by atoms with Crippen LogP contribution in [0.3, 0.4) is 0 Å². The highest BCUT2D eigenvalue weighted by Crippen LogP contribution is 2.30. The minimum Gasteiger partial charge on any atom is -0.497 e. The molecule has 2 saturated heterocycles. The van der Waals surface area contributed by atoms with Crippen LogP contribution >= 0.6 is 0 Å². The minimum atomic E-state index is -0.118. The van der Waals surface area contributed by atoms with Crippen molar-refractivity contribution < 1.29 is 18.7 Å². The van der Waals surface area contributed by atoms with Crippen molar-refractivity contribution in [2.45, 2.75) is 38.3 Å². The molecule has 1 atom stereocenters. The lowest BCUT2D eigenvalue weighted by atomic mass is 10.1. The molecule has 2 aliphatic rings. The summed E-state index contributed by atoms with van der Waals surface area (Å²) in [6.45, 7) is 3.71. The van der Waals surface area contributed by atoms with Crippen LogP contribution in [0.2, 0.25) is 0 Å². The molecular weight excluding hydrogens is 406 g/mol. The summed E-state index contributed by atoms with van der Waals surface area (Å²) < 4.78 is 16.7. The number of aromatic nitrogens is 1. The van der Waals surface area contributed by atoms with Crippen LogP contribution in [0.1, 0.15) is 41.8 Å². The number of benzene rings is 1. The number of hydrogen-bond acceptors (Lipinski definition) is 6. The molecule has 0 saturated carbocycles. The van der Waals surface area contributed by atoms with Gasteiger partial charge in [0.1, 0.15) is 11.6 Å². The second-order valence-corrected chi connectivity index (χ2v) is 8.52. The number of furan rings is 1. The van der Waals surface area contributed by atoms with Crippen LogP contribution in [-0.2, 0) is 11.3 Å². The fraction of sp³-hybridized carbons (Fsp3) is 0.440. The van der Waals surface area contributed by atoms with Crippen LogP contribution in [0.15, 0.2) is 47.1 Å². The summed E-state index contributed by atoms with van der Waals surface area (Å²) in [5.74, 6) is 1.97. The number of nitrogens with zero attached hydrogens (tertiary/aromatic N) is 3. The molecule has 7 nitrogen and oxygen atoms in total. The highest BCUT2D eigenvalue weighted by Gasteiger charge is 2.27. The maximum absolute atomic E-state index is 13.3. The first-order chi connectivity index (χ1) is 15.7. The van der Waals surface area contributed by atoms with E-state index in [1.54, 1.807) is 19.2 Å². The predicted molar refractivity (Wildman–Crippen MR) is 122 cm³/mol. The van der Waals surface area contributed by atoms with Crippen molar-refractivity contribution >= 4 is 22.6 Å². The fourth-order valence-corrected chi connectivity index (χ4v) is 4.64. The number of carbonyl (C=O) groups excluding carboxylic acids is 1. The van der Waals surface area contributed by atoms with Gasteiger partial charge in [-0.25, -0.2) is 4.98 Å². The number of rotatable bonds is 7. The molecule has 1 aromatic carbocycles. The Morgan fingerprint density at radius 2 is 2.09 bits per heavy atom. The zero-order valence-electron chi connectivity index (χ0n) is 18.5. The van der Waals surface area contributed by atoms with Gasteiger partial charge in [-0.15, -0.1) is 0 Å². The molecule has 7 heteroatoms. The van der Waals surface area contributed by atoms with Gasteiger partial charge in [0.05, 0.1) is 25.0 Å². The molecule has 0 N–H and O–H groups in total. The smallest absolute Gasteiger partial charge is 0.289 e. The molecule has 0 bridgehead atoms. The van der Waals surface area contributed by atoms with Gasteiger partial charge in [-0.05, 0) is 56.0 Å². The fourth-order valence-electron chi connectivity index (χ4n) is 4.64. The molecule has 168 valence electrons. The summed E-state index contributed by atoms with van der Waals surface area (Å²) in [4.78, 5) is 22.5. The van der Waals surface area contributed by atoms with Gasteiger partial charge in [-0.2, -0.15) is 0 Å². The number of hydrogen-bond donors (Lipinski definition) is 0. The third kappa shape index (κ3) is 4.30.